The second kappa shape index (κ2) is 6.32. The second-order valence-electron chi connectivity index (χ2n) is 5.74. The van der Waals surface area contributed by atoms with Gasteiger partial charge in [-0.05, 0) is 37.3 Å². The van der Waals surface area contributed by atoms with Crippen LogP contribution >= 0.6 is 0 Å². The molecule has 0 saturated carbocycles. The van der Waals surface area contributed by atoms with Crippen molar-refractivity contribution in [2.24, 2.45) is 7.05 Å². The third kappa shape index (κ3) is 3.19. The summed E-state index contributed by atoms with van der Waals surface area (Å²) in [6.07, 6.45) is 1.41. The van der Waals surface area contributed by atoms with Crippen LogP contribution in [0.15, 0.2) is 53.5 Å². The van der Waals surface area contributed by atoms with E-state index in [2.05, 4.69) is 5.32 Å². The van der Waals surface area contributed by atoms with Gasteiger partial charge in [0.2, 0.25) is 5.43 Å². The molecule has 1 amide bonds. The molecule has 3 rings (SSSR count). The SMILES string of the molecule is CC(=O)c1cccc(NC(=O)c2cn(C)c3ccc(F)cc3c2=O)c1. The summed E-state index contributed by atoms with van der Waals surface area (Å²) in [7, 11) is 1.67. The number of amides is 1. The summed E-state index contributed by atoms with van der Waals surface area (Å²) in [4.78, 5) is 36.5. The van der Waals surface area contributed by atoms with Crippen molar-refractivity contribution in [3.63, 3.8) is 0 Å². The van der Waals surface area contributed by atoms with Crippen LogP contribution in [0, 0.1) is 5.82 Å². The molecular formula is C19H15FN2O3. The molecule has 0 aliphatic carbocycles. The van der Waals surface area contributed by atoms with Crippen LogP contribution in [-0.4, -0.2) is 16.3 Å². The number of anilines is 1. The highest BCUT2D eigenvalue weighted by molar-refractivity contribution is 6.06. The summed E-state index contributed by atoms with van der Waals surface area (Å²) in [6, 6.07) is 10.3. The highest BCUT2D eigenvalue weighted by atomic mass is 19.1. The quantitative estimate of drug-likeness (QED) is 0.746. The molecule has 0 spiro atoms. The maximum absolute atomic E-state index is 13.5. The van der Waals surface area contributed by atoms with Gasteiger partial charge in [0.05, 0.1) is 5.52 Å². The number of carbonyl (C=O) groups excluding carboxylic acids is 2. The Bertz CT molecular complexity index is 1070. The number of carbonyl (C=O) groups is 2. The number of rotatable bonds is 3. The molecule has 0 aliphatic heterocycles. The van der Waals surface area contributed by atoms with Crippen molar-refractivity contribution in [2.45, 2.75) is 6.92 Å². The molecule has 1 heterocycles. The number of ketones is 1. The van der Waals surface area contributed by atoms with E-state index in [4.69, 9.17) is 0 Å². The van der Waals surface area contributed by atoms with E-state index in [0.29, 0.717) is 16.8 Å². The molecule has 1 N–H and O–H groups in total. The first-order chi connectivity index (χ1) is 11.9. The van der Waals surface area contributed by atoms with Gasteiger partial charge in [-0.3, -0.25) is 14.4 Å². The van der Waals surface area contributed by atoms with Crippen LogP contribution < -0.4 is 10.7 Å². The van der Waals surface area contributed by atoms with Crippen LogP contribution in [0.2, 0.25) is 0 Å². The van der Waals surface area contributed by atoms with Crippen LogP contribution in [0.3, 0.4) is 0 Å². The van der Waals surface area contributed by atoms with Crippen molar-refractivity contribution in [1.82, 2.24) is 4.57 Å². The van der Waals surface area contributed by atoms with Gasteiger partial charge in [0.15, 0.2) is 5.78 Å². The van der Waals surface area contributed by atoms with Crippen molar-refractivity contribution in [3.8, 4) is 0 Å². The zero-order valence-electron chi connectivity index (χ0n) is 13.7. The van der Waals surface area contributed by atoms with E-state index in [1.807, 2.05) is 0 Å². The number of fused-ring (bicyclic) bond motifs is 1. The zero-order chi connectivity index (χ0) is 18.1. The first-order valence-electron chi connectivity index (χ1n) is 7.58. The molecule has 25 heavy (non-hydrogen) atoms. The number of aromatic nitrogens is 1. The van der Waals surface area contributed by atoms with Gasteiger partial charge in [0.25, 0.3) is 5.91 Å². The second-order valence-corrected chi connectivity index (χ2v) is 5.74. The Morgan fingerprint density at radius 3 is 2.60 bits per heavy atom. The lowest BCUT2D eigenvalue weighted by atomic mass is 10.1. The fourth-order valence-electron chi connectivity index (χ4n) is 2.64. The van der Waals surface area contributed by atoms with Crippen LogP contribution in [0.5, 0.6) is 0 Å². The standard InChI is InChI=1S/C19H15FN2O3/c1-11(23)12-4-3-5-14(8-12)21-19(25)16-10-22(2)17-7-6-13(20)9-15(17)18(16)24/h3-10H,1-2H3,(H,21,25). The Hall–Kier alpha value is -3.28. The number of pyridine rings is 1. The fourth-order valence-corrected chi connectivity index (χ4v) is 2.64. The minimum Gasteiger partial charge on any atom is -0.350 e. The molecule has 5 nitrogen and oxygen atoms in total. The largest absolute Gasteiger partial charge is 0.350 e. The first kappa shape index (κ1) is 16.6. The van der Waals surface area contributed by atoms with Gasteiger partial charge in [-0.2, -0.15) is 0 Å². The molecule has 6 heteroatoms. The molecule has 1 aromatic heterocycles. The number of hydrogen-bond acceptors (Lipinski definition) is 3. The average Bonchev–Trinajstić information content (AvgIpc) is 2.58. The molecule has 0 radical (unpaired) electrons. The summed E-state index contributed by atoms with van der Waals surface area (Å²) in [6.45, 7) is 1.43. The van der Waals surface area contributed by atoms with Crippen molar-refractivity contribution in [3.05, 3.63) is 75.8 Å². The molecule has 3 aromatic rings. The molecule has 0 fully saturated rings. The number of aryl methyl sites for hydroxylation is 1. The maximum Gasteiger partial charge on any atom is 0.261 e. The zero-order valence-corrected chi connectivity index (χ0v) is 13.7. The summed E-state index contributed by atoms with van der Waals surface area (Å²) in [5.41, 5.74) is 0.730. The van der Waals surface area contributed by atoms with E-state index in [1.165, 1.54) is 31.3 Å². The fraction of sp³-hybridized carbons (Fsp3) is 0.105. The van der Waals surface area contributed by atoms with Crippen molar-refractivity contribution < 1.29 is 14.0 Å². The Morgan fingerprint density at radius 2 is 1.88 bits per heavy atom. The van der Waals surface area contributed by atoms with E-state index in [0.717, 1.165) is 6.07 Å². The van der Waals surface area contributed by atoms with Crippen molar-refractivity contribution in [2.75, 3.05) is 5.32 Å². The molecule has 0 atom stereocenters. The molecule has 0 saturated heterocycles. The smallest absolute Gasteiger partial charge is 0.261 e. The minimum atomic E-state index is -0.618. The Labute approximate surface area is 142 Å². The van der Waals surface area contributed by atoms with Crippen LogP contribution in [-0.2, 0) is 7.05 Å². The molecular weight excluding hydrogens is 323 g/mol. The lowest BCUT2D eigenvalue weighted by Crippen LogP contribution is -2.23. The predicted octanol–water partition coefficient (Wildman–Crippen LogP) is 3.13. The number of Topliss-reactive ketones (excluding diaryl/α,β-unsaturated/α-hetero) is 1. The predicted molar refractivity (Wildman–Crippen MR) is 93.5 cm³/mol. The highest BCUT2D eigenvalue weighted by Crippen LogP contribution is 2.15. The third-order valence-electron chi connectivity index (χ3n) is 3.92. The Morgan fingerprint density at radius 1 is 1.12 bits per heavy atom. The molecule has 0 aliphatic rings. The number of halogens is 1. The maximum atomic E-state index is 13.5. The van der Waals surface area contributed by atoms with Crippen LogP contribution in [0.4, 0.5) is 10.1 Å². The van der Waals surface area contributed by atoms with E-state index < -0.39 is 17.2 Å². The van der Waals surface area contributed by atoms with Crippen LogP contribution in [0.1, 0.15) is 27.6 Å². The van der Waals surface area contributed by atoms with Gasteiger partial charge in [-0.15, -0.1) is 0 Å². The first-order valence-corrected chi connectivity index (χ1v) is 7.58. The number of benzene rings is 2. The van der Waals surface area contributed by atoms with E-state index in [9.17, 15) is 18.8 Å². The van der Waals surface area contributed by atoms with Crippen LogP contribution in [0.25, 0.3) is 10.9 Å². The van der Waals surface area contributed by atoms with Crippen molar-refractivity contribution in [1.29, 1.82) is 0 Å². The average molecular weight is 338 g/mol. The van der Waals surface area contributed by atoms with Gasteiger partial charge >= 0.3 is 0 Å². The van der Waals surface area contributed by atoms with E-state index in [1.54, 1.807) is 29.8 Å². The summed E-state index contributed by atoms with van der Waals surface area (Å²) < 4.78 is 15.1. The third-order valence-corrected chi connectivity index (χ3v) is 3.92. The van der Waals surface area contributed by atoms with Gasteiger partial charge in [0, 0.05) is 29.9 Å². The van der Waals surface area contributed by atoms with Gasteiger partial charge in [-0.1, -0.05) is 12.1 Å². The van der Waals surface area contributed by atoms with Gasteiger partial charge in [0.1, 0.15) is 11.4 Å². The van der Waals surface area contributed by atoms with Gasteiger partial charge < -0.3 is 9.88 Å². The lowest BCUT2D eigenvalue weighted by Gasteiger charge is -2.10. The normalized spacial score (nSPS) is 10.7. The molecule has 0 unspecified atom stereocenters. The minimum absolute atomic E-state index is 0.103. The molecule has 126 valence electrons. The number of nitrogens with one attached hydrogen (secondary N) is 1. The monoisotopic (exact) mass is 338 g/mol. The molecule has 2 aromatic carbocycles. The van der Waals surface area contributed by atoms with E-state index >= 15 is 0 Å². The molecule has 0 bridgehead atoms. The van der Waals surface area contributed by atoms with Crippen molar-refractivity contribution >= 4 is 28.3 Å². The van der Waals surface area contributed by atoms with Gasteiger partial charge in [-0.25, -0.2) is 4.39 Å². The lowest BCUT2D eigenvalue weighted by molar-refractivity contribution is 0.101. The number of hydrogen-bond donors (Lipinski definition) is 1. The Balaban J connectivity index is 2.03. The highest BCUT2D eigenvalue weighted by Gasteiger charge is 2.15. The summed E-state index contributed by atoms with van der Waals surface area (Å²) in [5.74, 6) is -1.29. The Kier molecular flexibility index (Phi) is 4.19. The number of nitrogens with zero attached hydrogens (tertiary/aromatic N) is 1. The summed E-state index contributed by atoms with van der Waals surface area (Å²) in [5, 5.41) is 2.73. The topological polar surface area (TPSA) is 68.2 Å². The van der Waals surface area contributed by atoms with E-state index in [-0.39, 0.29) is 16.7 Å². The summed E-state index contributed by atoms with van der Waals surface area (Å²) >= 11 is 0.